The van der Waals surface area contributed by atoms with Gasteiger partial charge in [0.2, 0.25) is 5.91 Å². The van der Waals surface area contributed by atoms with Crippen LogP contribution in [0.1, 0.15) is 30.7 Å². The van der Waals surface area contributed by atoms with Gasteiger partial charge in [-0.25, -0.2) is 9.42 Å². The van der Waals surface area contributed by atoms with Gasteiger partial charge in [-0.05, 0) is 19.8 Å². The van der Waals surface area contributed by atoms with E-state index >= 15 is 0 Å². The SMILES string of the molecule is Cc1nonc1CNC(=O)N1CCC(N2CCCC2=O)C1. The first kappa shape index (κ1) is 13.8. The number of likely N-dealkylation sites (tertiary alicyclic amines) is 2. The van der Waals surface area contributed by atoms with Gasteiger partial charge in [-0.15, -0.1) is 0 Å². The van der Waals surface area contributed by atoms with Gasteiger partial charge in [-0.3, -0.25) is 4.79 Å². The zero-order valence-corrected chi connectivity index (χ0v) is 12.0. The fraction of sp³-hybridized carbons (Fsp3) is 0.692. The van der Waals surface area contributed by atoms with Crippen LogP contribution in [0.2, 0.25) is 0 Å². The normalized spacial score (nSPS) is 22.1. The Kier molecular flexibility index (Phi) is 3.76. The van der Waals surface area contributed by atoms with Crippen molar-refractivity contribution in [2.75, 3.05) is 19.6 Å². The Morgan fingerprint density at radius 3 is 2.95 bits per heavy atom. The van der Waals surface area contributed by atoms with Gasteiger partial charge >= 0.3 is 6.03 Å². The summed E-state index contributed by atoms with van der Waals surface area (Å²) in [6.07, 6.45) is 2.42. The Morgan fingerprint density at radius 2 is 2.29 bits per heavy atom. The topological polar surface area (TPSA) is 91.6 Å². The molecule has 1 N–H and O–H groups in total. The molecular formula is C13H19N5O3. The zero-order valence-electron chi connectivity index (χ0n) is 12.0. The van der Waals surface area contributed by atoms with Crippen molar-refractivity contribution in [2.24, 2.45) is 0 Å². The summed E-state index contributed by atoms with van der Waals surface area (Å²) in [4.78, 5) is 27.5. The molecule has 0 spiro atoms. The van der Waals surface area contributed by atoms with Crippen LogP contribution < -0.4 is 5.32 Å². The quantitative estimate of drug-likeness (QED) is 0.864. The van der Waals surface area contributed by atoms with Crippen molar-refractivity contribution < 1.29 is 14.2 Å². The van der Waals surface area contributed by atoms with Gasteiger partial charge in [0.1, 0.15) is 11.4 Å². The largest absolute Gasteiger partial charge is 0.338 e. The van der Waals surface area contributed by atoms with E-state index in [9.17, 15) is 9.59 Å². The molecule has 0 bridgehead atoms. The predicted octanol–water partition coefficient (Wildman–Crippen LogP) is 0.284. The third kappa shape index (κ3) is 2.84. The summed E-state index contributed by atoms with van der Waals surface area (Å²) in [5.41, 5.74) is 1.31. The molecule has 0 aliphatic carbocycles. The monoisotopic (exact) mass is 293 g/mol. The van der Waals surface area contributed by atoms with Gasteiger partial charge in [0.25, 0.3) is 0 Å². The summed E-state index contributed by atoms with van der Waals surface area (Å²) >= 11 is 0. The van der Waals surface area contributed by atoms with Crippen LogP contribution in [0.15, 0.2) is 4.63 Å². The molecule has 2 fully saturated rings. The Hall–Kier alpha value is -2.12. The fourth-order valence-electron chi connectivity index (χ4n) is 2.92. The maximum atomic E-state index is 12.1. The van der Waals surface area contributed by atoms with E-state index in [0.717, 1.165) is 19.4 Å². The van der Waals surface area contributed by atoms with E-state index in [1.54, 1.807) is 11.8 Å². The van der Waals surface area contributed by atoms with E-state index in [0.29, 0.717) is 37.4 Å². The van der Waals surface area contributed by atoms with Crippen LogP contribution in [-0.4, -0.2) is 57.7 Å². The highest BCUT2D eigenvalue weighted by molar-refractivity contribution is 5.79. The highest BCUT2D eigenvalue weighted by atomic mass is 16.6. The zero-order chi connectivity index (χ0) is 14.8. The molecule has 8 nitrogen and oxygen atoms in total. The first-order chi connectivity index (χ1) is 10.1. The van der Waals surface area contributed by atoms with Crippen molar-refractivity contribution in [1.82, 2.24) is 25.4 Å². The lowest BCUT2D eigenvalue weighted by Crippen LogP contribution is -2.42. The van der Waals surface area contributed by atoms with Crippen molar-refractivity contribution >= 4 is 11.9 Å². The third-order valence-electron chi connectivity index (χ3n) is 4.15. The Labute approximate surface area is 122 Å². The molecule has 3 rings (SSSR count). The molecule has 1 unspecified atom stereocenters. The van der Waals surface area contributed by atoms with Gasteiger partial charge in [-0.2, -0.15) is 0 Å². The first-order valence-corrected chi connectivity index (χ1v) is 7.25. The van der Waals surface area contributed by atoms with Crippen LogP contribution >= 0.6 is 0 Å². The molecule has 0 aromatic carbocycles. The van der Waals surface area contributed by atoms with Crippen molar-refractivity contribution in [3.63, 3.8) is 0 Å². The molecule has 1 aromatic heterocycles. The second-order valence-electron chi connectivity index (χ2n) is 5.53. The molecule has 2 saturated heterocycles. The number of nitrogens with one attached hydrogen (secondary N) is 1. The highest BCUT2D eigenvalue weighted by Crippen LogP contribution is 2.21. The molecule has 0 radical (unpaired) electrons. The van der Waals surface area contributed by atoms with Crippen LogP contribution in [0.4, 0.5) is 4.79 Å². The van der Waals surface area contributed by atoms with Crippen LogP contribution in [0.3, 0.4) is 0 Å². The number of hydrogen-bond acceptors (Lipinski definition) is 5. The number of urea groups is 1. The Bertz CT molecular complexity index is 544. The van der Waals surface area contributed by atoms with Gasteiger partial charge in [0.15, 0.2) is 0 Å². The molecule has 114 valence electrons. The van der Waals surface area contributed by atoms with Gasteiger partial charge in [-0.1, -0.05) is 10.3 Å². The standard InChI is InChI=1S/C13H19N5O3/c1-9-11(16-21-15-9)7-14-13(20)17-6-4-10(8-17)18-5-2-3-12(18)19/h10H,2-8H2,1H3,(H,14,20). The van der Waals surface area contributed by atoms with Crippen LogP contribution in [0, 0.1) is 6.92 Å². The molecule has 0 saturated carbocycles. The highest BCUT2D eigenvalue weighted by Gasteiger charge is 2.34. The Balaban J connectivity index is 1.50. The van der Waals surface area contributed by atoms with Crippen molar-refractivity contribution in [1.29, 1.82) is 0 Å². The second-order valence-corrected chi connectivity index (χ2v) is 5.53. The summed E-state index contributed by atoms with van der Waals surface area (Å²) in [5, 5.41) is 10.2. The number of carbonyl (C=O) groups excluding carboxylic acids is 2. The average molecular weight is 293 g/mol. The molecular weight excluding hydrogens is 274 g/mol. The fourth-order valence-corrected chi connectivity index (χ4v) is 2.92. The van der Waals surface area contributed by atoms with Gasteiger partial charge in [0, 0.05) is 26.1 Å². The van der Waals surface area contributed by atoms with Crippen molar-refractivity contribution in [2.45, 2.75) is 38.8 Å². The lowest BCUT2D eigenvalue weighted by atomic mass is 10.2. The minimum atomic E-state index is -0.133. The number of aryl methyl sites for hydroxylation is 1. The summed E-state index contributed by atoms with van der Waals surface area (Å²) in [5.74, 6) is 0.214. The van der Waals surface area contributed by atoms with E-state index in [-0.39, 0.29) is 18.0 Å². The molecule has 1 aromatic rings. The lowest BCUT2D eigenvalue weighted by molar-refractivity contribution is -0.129. The first-order valence-electron chi connectivity index (χ1n) is 7.25. The molecule has 3 heterocycles. The van der Waals surface area contributed by atoms with Crippen LogP contribution in [-0.2, 0) is 11.3 Å². The molecule has 2 aliphatic rings. The van der Waals surface area contributed by atoms with Gasteiger partial charge < -0.3 is 15.1 Å². The predicted molar refractivity (Wildman–Crippen MR) is 72.2 cm³/mol. The van der Waals surface area contributed by atoms with E-state index in [1.807, 2.05) is 4.90 Å². The molecule has 8 heteroatoms. The summed E-state index contributed by atoms with van der Waals surface area (Å²) < 4.78 is 4.59. The average Bonchev–Trinajstić information content (AvgIpc) is 3.17. The summed E-state index contributed by atoms with van der Waals surface area (Å²) in [7, 11) is 0. The number of carbonyl (C=O) groups is 2. The van der Waals surface area contributed by atoms with Gasteiger partial charge in [0.05, 0.1) is 12.6 Å². The second kappa shape index (κ2) is 5.71. The van der Waals surface area contributed by atoms with Crippen molar-refractivity contribution in [3.8, 4) is 0 Å². The Morgan fingerprint density at radius 1 is 1.43 bits per heavy atom. The minimum absolute atomic E-state index is 0.133. The lowest BCUT2D eigenvalue weighted by Gasteiger charge is -2.24. The van der Waals surface area contributed by atoms with Crippen molar-refractivity contribution in [3.05, 3.63) is 11.4 Å². The van der Waals surface area contributed by atoms with E-state index in [2.05, 4.69) is 20.3 Å². The van der Waals surface area contributed by atoms with E-state index < -0.39 is 0 Å². The third-order valence-corrected chi connectivity index (χ3v) is 4.15. The number of rotatable bonds is 3. The summed E-state index contributed by atoms with van der Waals surface area (Å²) in [6.45, 7) is 4.19. The van der Waals surface area contributed by atoms with E-state index in [1.165, 1.54) is 0 Å². The maximum Gasteiger partial charge on any atom is 0.317 e. The van der Waals surface area contributed by atoms with E-state index in [4.69, 9.17) is 0 Å². The maximum absolute atomic E-state index is 12.1. The number of amides is 3. The molecule has 1 atom stereocenters. The molecule has 21 heavy (non-hydrogen) atoms. The van der Waals surface area contributed by atoms with Crippen LogP contribution in [0.25, 0.3) is 0 Å². The number of nitrogens with zero attached hydrogens (tertiary/aromatic N) is 4. The molecule has 2 aliphatic heterocycles. The minimum Gasteiger partial charge on any atom is -0.338 e. The number of aromatic nitrogens is 2. The summed E-state index contributed by atoms with van der Waals surface area (Å²) in [6, 6.07) is 0.0350. The smallest absolute Gasteiger partial charge is 0.317 e. The molecule has 3 amide bonds. The number of hydrogen-bond donors (Lipinski definition) is 1. The van der Waals surface area contributed by atoms with Crippen LogP contribution in [0.5, 0.6) is 0 Å².